The smallest absolute Gasteiger partial charge is 0.341 e. The minimum Gasteiger partial charge on any atom is -0.462 e. The second-order valence-corrected chi connectivity index (χ2v) is 6.10. The molecule has 134 valence electrons. The Bertz CT molecular complexity index is 941. The molecule has 5 nitrogen and oxygen atoms in total. The Morgan fingerprint density at radius 1 is 0.962 bits per heavy atom. The lowest BCUT2D eigenvalue weighted by Gasteiger charge is -2.10. The quantitative estimate of drug-likeness (QED) is 0.641. The first-order valence-corrected chi connectivity index (χ1v) is 8.61. The number of fused-ring (bicyclic) bond motifs is 1. The lowest BCUT2D eigenvalue weighted by molar-refractivity contribution is 0.0366. The van der Waals surface area contributed by atoms with Gasteiger partial charge in [-0.3, -0.25) is 0 Å². The molecule has 3 aromatic rings. The van der Waals surface area contributed by atoms with Gasteiger partial charge in [0, 0.05) is 6.20 Å². The van der Waals surface area contributed by atoms with Gasteiger partial charge in [-0.2, -0.15) is 0 Å². The van der Waals surface area contributed by atoms with Gasteiger partial charge in [0.15, 0.2) is 0 Å². The van der Waals surface area contributed by atoms with Gasteiger partial charge in [-0.25, -0.2) is 9.59 Å². The first-order valence-electron chi connectivity index (χ1n) is 8.61. The van der Waals surface area contributed by atoms with E-state index in [4.69, 9.17) is 9.47 Å². The number of hydrogen-bond donors (Lipinski definition) is 0. The molecule has 5 heteroatoms. The Kier molecular flexibility index (Phi) is 5.07. The van der Waals surface area contributed by atoms with Crippen LogP contribution >= 0.6 is 0 Å². The minimum atomic E-state index is -0.536. The van der Waals surface area contributed by atoms with Crippen LogP contribution in [0.3, 0.4) is 0 Å². The molecule has 0 atom stereocenters. The average molecular weight is 351 g/mol. The molecule has 26 heavy (non-hydrogen) atoms. The minimum absolute atomic E-state index is 0.220. The summed E-state index contributed by atoms with van der Waals surface area (Å²) in [5.74, 6) is -1.07. The highest BCUT2D eigenvalue weighted by molar-refractivity contribution is 6.13. The maximum Gasteiger partial charge on any atom is 0.341 e. The van der Waals surface area contributed by atoms with Crippen LogP contribution in [-0.2, 0) is 9.47 Å². The first kappa shape index (κ1) is 17.7. The van der Waals surface area contributed by atoms with Gasteiger partial charge in [0.2, 0.25) is 0 Å². The molecule has 1 aromatic carbocycles. The Labute approximate surface area is 152 Å². The standard InChI is InChI=1S/C21H21NO4/c1-4-25-20(23)18-17(21(24)26-14(2)3)16-12-8-9-13-22(16)19(18)15-10-6-5-7-11-15/h5-14H,4H2,1-3H3. The average Bonchev–Trinajstić information content (AvgIpc) is 2.97. The fourth-order valence-corrected chi connectivity index (χ4v) is 2.97. The van der Waals surface area contributed by atoms with Crippen molar-refractivity contribution in [1.82, 2.24) is 4.40 Å². The number of nitrogens with zero attached hydrogens (tertiary/aromatic N) is 1. The van der Waals surface area contributed by atoms with Crippen molar-refractivity contribution in [3.8, 4) is 11.3 Å². The number of hydrogen-bond acceptors (Lipinski definition) is 4. The van der Waals surface area contributed by atoms with Gasteiger partial charge in [-0.05, 0) is 38.5 Å². The van der Waals surface area contributed by atoms with Gasteiger partial charge >= 0.3 is 11.9 Å². The van der Waals surface area contributed by atoms with Crippen LogP contribution in [0, 0.1) is 0 Å². The van der Waals surface area contributed by atoms with Gasteiger partial charge in [0.25, 0.3) is 0 Å². The second kappa shape index (κ2) is 7.44. The van der Waals surface area contributed by atoms with Crippen LogP contribution in [0.1, 0.15) is 41.5 Å². The lowest BCUT2D eigenvalue weighted by Crippen LogP contribution is -2.16. The number of benzene rings is 1. The van der Waals surface area contributed by atoms with Crippen molar-refractivity contribution in [3.63, 3.8) is 0 Å². The normalized spacial score (nSPS) is 10.9. The number of carbonyl (C=O) groups excluding carboxylic acids is 2. The van der Waals surface area contributed by atoms with E-state index in [9.17, 15) is 9.59 Å². The molecule has 0 aliphatic carbocycles. The zero-order chi connectivity index (χ0) is 18.7. The summed E-state index contributed by atoms with van der Waals surface area (Å²) in [6, 6.07) is 14.9. The summed E-state index contributed by atoms with van der Waals surface area (Å²) in [5.41, 5.74) is 2.52. The summed E-state index contributed by atoms with van der Waals surface area (Å²) in [4.78, 5) is 25.6. The highest BCUT2D eigenvalue weighted by atomic mass is 16.5. The van der Waals surface area contributed by atoms with E-state index in [0.29, 0.717) is 11.2 Å². The number of ether oxygens (including phenoxy) is 2. The first-order chi connectivity index (χ1) is 12.5. The molecule has 0 N–H and O–H groups in total. The maximum absolute atomic E-state index is 12.8. The van der Waals surface area contributed by atoms with Crippen LogP contribution in [-0.4, -0.2) is 29.1 Å². The van der Waals surface area contributed by atoms with Crippen molar-refractivity contribution >= 4 is 17.5 Å². The SMILES string of the molecule is CCOC(=O)c1c(C(=O)OC(C)C)c2ccccn2c1-c1ccccc1. The molecule has 0 aliphatic rings. The third-order valence-electron chi connectivity index (χ3n) is 3.92. The van der Waals surface area contributed by atoms with Crippen molar-refractivity contribution in [2.24, 2.45) is 0 Å². The van der Waals surface area contributed by atoms with Crippen molar-refractivity contribution in [3.05, 3.63) is 65.9 Å². The highest BCUT2D eigenvalue weighted by Gasteiger charge is 2.30. The Hall–Kier alpha value is -3.08. The number of rotatable bonds is 5. The summed E-state index contributed by atoms with van der Waals surface area (Å²) in [6.07, 6.45) is 1.53. The topological polar surface area (TPSA) is 57.0 Å². The number of esters is 2. The molecule has 0 fully saturated rings. The molecular formula is C21H21NO4. The highest BCUT2D eigenvalue weighted by Crippen LogP contribution is 2.33. The molecule has 0 spiro atoms. The van der Waals surface area contributed by atoms with Gasteiger partial charge in [0.1, 0.15) is 11.1 Å². The molecule has 0 saturated heterocycles. The molecule has 0 saturated carbocycles. The monoisotopic (exact) mass is 351 g/mol. The van der Waals surface area contributed by atoms with E-state index in [2.05, 4.69) is 0 Å². The van der Waals surface area contributed by atoms with E-state index in [-0.39, 0.29) is 23.8 Å². The molecule has 0 amide bonds. The molecule has 2 heterocycles. The lowest BCUT2D eigenvalue weighted by atomic mass is 10.0. The summed E-state index contributed by atoms with van der Waals surface area (Å²) < 4.78 is 12.5. The van der Waals surface area contributed by atoms with Crippen LogP contribution in [0.15, 0.2) is 54.7 Å². The third-order valence-corrected chi connectivity index (χ3v) is 3.92. The van der Waals surface area contributed by atoms with Gasteiger partial charge < -0.3 is 13.9 Å². The molecule has 2 aromatic heterocycles. The Morgan fingerprint density at radius 2 is 1.65 bits per heavy atom. The Morgan fingerprint density at radius 3 is 2.31 bits per heavy atom. The second-order valence-electron chi connectivity index (χ2n) is 6.10. The summed E-state index contributed by atoms with van der Waals surface area (Å²) >= 11 is 0. The van der Waals surface area contributed by atoms with E-state index < -0.39 is 11.9 Å². The van der Waals surface area contributed by atoms with E-state index in [1.54, 1.807) is 26.8 Å². The van der Waals surface area contributed by atoms with E-state index in [0.717, 1.165) is 5.56 Å². The molecular weight excluding hydrogens is 330 g/mol. The number of aromatic nitrogens is 1. The van der Waals surface area contributed by atoms with Crippen LogP contribution in [0.25, 0.3) is 16.8 Å². The van der Waals surface area contributed by atoms with Crippen LogP contribution in [0.4, 0.5) is 0 Å². The summed E-state index contributed by atoms with van der Waals surface area (Å²) in [6.45, 7) is 5.51. The predicted octanol–water partition coefficient (Wildman–Crippen LogP) is 4.35. The number of pyridine rings is 1. The maximum atomic E-state index is 12.8. The fourth-order valence-electron chi connectivity index (χ4n) is 2.97. The van der Waals surface area contributed by atoms with Gasteiger partial charge in [-0.1, -0.05) is 36.4 Å². The zero-order valence-electron chi connectivity index (χ0n) is 15.1. The summed E-state index contributed by atoms with van der Waals surface area (Å²) in [5, 5.41) is 0. The summed E-state index contributed by atoms with van der Waals surface area (Å²) in [7, 11) is 0. The van der Waals surface area contributed by atoms with Crippen LogP contribution < -0.4 is 0 Å². The van der Waals surface area contributed by atoms with Crippen molar-refractivity contribution < 1.29 is 19.1 Å². The number of carbonyl (C=O) groups is 2. The van der Waals surface area contributed by atoms with Crippen LogP contribution in [0.2, 0.25) is 0 Å². The molecule has 0 aliphatic heterocycles. The van der Waals surface area contributed by atoms with E-state index in [1.165, 1.54) is 0 Å². The Balaban J connectivity index is 2.36. The molecule has 0 radical (unpaired) electrons. The molecule has 0 bridgehead atoms. The zero-order valence-corrected chi connectivity index (χ0v) is 15.1. The van der Waals surface area contributed by atoms with Gasteiger partial charge in [0.05, 0.1) is 23.9 Å². The van der Waals surface area contributed by atoms with Gasteiger partial charge in [-0.15, -0.1) is 0 Å². The van der Waals surface area contributed by atoms with Crippen LogP contribution in [0.5, 0.6) is 0 Å². The third kappa shape index (κ3) is 3.20. The van der Waals surface area contributed by atoms with Crippen molar-refractivity contribution in [2.45, 2.75) is 26.9 Å². The van der Waals surface area contributed by atoms with E-state index in [1.807, 2.05) is 53.1 Å². The van der Waals surface area contributed by atoms with Crippen molar-refractivity contribution in [2.75, 3.05) is 6.61 Å². The largest absolute Gasteiger partial charge is 0.462 e. The predicted molar refractivity (Wildman–Crippen MR) is 99.3 cm³/mol. The molecule has 3 rings (SSSR count). The van der Waals surface area contributed by atoms with Crippen molar-refractivity contribution in [1.29, 1.82) is 0 Å². The molecule has 0 unspecified atom stereocenters. The fraction of sp³-hybridized carbons (Fsp3) is 0.238. The van der Waals surface area contributed by atoms with E-state index >= 15 is 0 Å².